The Hall–Kier alpha value is -2.18. The Balaban J connectivity index is -0.000000534. The van der Waals surface area contributed by atoms with Gasteiger partial charge in [-0.1, -0.05) is 64.4 Å². The first kappa shape index (κ1) is 29.8. The smallest absolute Gasteiger partial charge is 0.320 e. The molecule has 0 heterocycles. The molecule has 8 nitrogen and oxygen atoms in total. The summed E-state index contributed by atoms with van der Waals surface area (Å²) in [6.07, 6.45) is 1.17. The van der Waals surface area contributed by atoms with E-state index in [2.05, 4.69) is 35.9 Å². The Kier molecular flexibility index (Phi) is 13.8. The van der Waals surface area contributed by atoms with Crippen LogP contribution in [0.2, 0.25) is 0 Å². The first-order valence-electron chi connectivity index (χ1n) is 10.7. The van der Waals surface area contributed by atoms with Gasteiger partial charge in [-0.3, -0.25) is 19.5 Å². The van der Waals surface area contributed by atoms with Crippen LogP contribution in [0.4, 0.5) is 0 Å². The highest BCUT2D eigenvalue weighted by Gasteiger charge is 2.29. The lowest BCUT2D eigenvalue weighted by atomic mass is 9.77. The molecule has 0 unspecified atom stereocenters. The molecule has 0 aliphatic rings. The van der Waals surface area contributed by atoms with Crippen molar-refractivity contribution in [2.45, 2.75) is 47.1 Å². The van der Waals surface area contributed by atoms with Crippen LogP contribution in [-0.4, -0.2) is 51.4 Å². The van der Waals surface area contributed by atoms with Gasteiger partial charge in [-0.25, -0.2) is 0 Å². The van der Waals surface area contributed by atoms with Gasteiger partial charge in [-0.2, -0.15) is 0 Å². The number of hydrogen-bond donors (Lipinski definition) is 2. The molecule has 0 spiro atoms. The number of ether oxygens (including phenoxy) is 2. The minimum atomic E-state index is -2.37. The molecule has 0 aromatic heterocycles. The third-order valence-electron chi connectivity index (χ3n) is 5.18. The van der Waals surface area contributed by atoms with E-state index in [4.69, 9.17) is 4.74 Å². The maximum atomic E-state index is 11.8. The summed E-state index contributed by atoms with van der Waals surface area (Å²) in [4.78, 5) is 33.9. The van der Waals surface area contributed by atoms with Crippen molar-refractivity contribution in [1.29, 1.82) is 0 Å². The summed E-state index contributed by atoms with van der Waals surface area (Å²) in [5.41, 5.74) is 0.919. The number of rotatable bonds is 11. The molecule has 0 radical (unpaired) electrons. The number of hydrogen-bond acceptors (Lipinski definition) is 6. The molecule has 1 atom stereocenters. The molecular weight excluding hydrogens is 431 g/mol. The fourth-order valence-electron chi connectivity index (χ4n) is 2.25. The predicted octanol–water partition coefficient (Wildman–Crippen LogP) is 4.09. The van der Waals surface area contributed by atoms with E-state index in [1.54, 1.807) is 13.3 Å². The number of nitrogens with one attached hydrogen (secondary N) is 2. The molecule has 1 amide bonds. The molecule has 1 aromatic rings. The van der Waals surface area contributed by atoms with Crippen molar-refractivity contribution in [2.24, 2.45) is 11.3 Å². The summed E-state index contributed by atoms with van der Waals surface area (Å²) in [6, 6.07) is 9.43. The van der Waals surface area contributed by atoms with E-state index >= 15 is 0 Å². The predicted molar refractivity (Wildman–Crippen MR) is 131 cm³/mol. The van der Waals surface area contributed by atoms with Crippen LogP contribution in [-0.2, 0) is 35.0 Å². The summed E-state index contributed by atoms with van der Waals surface area (Å²) in [5.74, 6) is -0.763. The van der Waals surface area contributed by atoms with Gasteiger partial charge in [0.1, 0.15) is 13.9 Å². The van der Waals surface area contributed by atoms with Crippen LogP contribution in [0.25, 0.3) is 0 Å². The van der Waals surface area contributed by atoms with Crippen LogP contribution in [0.15, 0.2) is 30.3 Å². The van der Waals surface area contributed by atoms with Crippen molar-refractivity contribution >= 4 is 25.1 Å². The monoisotopic (exact) mass is 474 g/mol. The lowest BCUT2D eigenvalue weighted by Crippen LogP contribution is -2.38. The second kappa shape index (κ2) is 14.8. The van der Waals surface area contributed by atoms with Gasteiger partial charge in [-0.05, 0) is 11.0 Å². The van der Waals surface area contributed by atoms with Gasteiger partial charge in [-0.15, -0.1) is 0 Å². The molecule has 0 aliphatic carbocycles. The van der Waals surface area contributed by atoms with Crippen LogP contribution in [0.1, 0.15) is 49.0 Å². The second-order valence-electron chi connectivity index (χ2n) is 8.51. The fourth-order valence-corrected chi connectivity index (χ4v) is 2.76. The standard InChI is InChI=1S/C12H23NO3.C11H16NO3P.2H2/c1-6-12(3,4)9(2)11(15)13-8-7-10(14)16-5;1-16(2,14)12-8-11(13)15-9-10-6-4-3-5-7-10;;/h9H,6-8H2,1-5H3,(H,13,15);3-7H,8-9H2,1-2H3,(H,12,14);2*1H/t9-;;;/m0.../s1. The number of methoxy groups -OCH3 is 1. The maximum absolute atomic E-state index is 11.8. The molecule has 0 fully saturated rings. The molecule has 2 N–H and O–H groups in total. The van der Waals surface area contributed by atoms with Crippen molar-refractivity contribution in [3.63, 3.8) is 0 Å². The van der Waals surface area contributed by atoms with Crippen molar-refractivity contribution in [1.82, 2.24) is 10.4 Å². The number of benzene rings is 1. The van der Waals surface area contributed by atoms with Crippen molar-refractivity contribution in [2.75, 3.05) is 33.5 Å². The van der Waals surface area contributed by atoms with E-state index in [9.17, 15) is 18.9 Å². The summed E-state index contributed by atoms with van der Waals surface area (Å²) in [5, 5.41) is 5.39. The third-order valence-corrected chi connectivity index (χ3v) is 6.10. The maximum Gasteiger partial charge on any atom is 0.320 e. The Bertz CT molecular complexity index is 772. The zero-order valence-electron chi connectivity index (χ0n) is 20.4. The highest BCUT2D eigenvalue weighted by atomic mass is 31.2. The van der Waals surface area contributed by atoms with Crippen LogP contribution in [0.5, 0.6) is 0 Å². The first-order chi connectivity index (χ1) is 14.8. The second-order valence-corrected chi connectivity index (χ2v) is 11.5. The molecule has 0 saturated heterocycles. The van der Waals surface area contributed by atoms with Gasteiger partial charge >= 0.3 is 11.9 Å². The quantitative estimate of drug-likeness (QED) is 0.367. The van der Waals surface area contributed by atoms with Gasteiger partial charge in [0.25, 0.3) is 0 Å². The van der Waals surface area contributed by atoms with Gasteiger partial charge in [0.15, 0.2) is 0 Å². The van der Waals surface area contributed by atoms with Crippen LogP contribution in [0, 0.1) is 11.3 Å². The van der Waals surface area contributed by atoms with Crippen LogP contribution < -0.4 is 10.4 Å². The molecule has 32 heavy (non-hydrogen) atoms. The molecule has 9 heteroatoms. The molecule has 186 valence electrons. The molecular formula is C23H43N2O6P. The largest absolute Gasteiger partial charge is 0.469 e. The van der Waals surface area contributed by atoms with Gasteiger partial charge in [0.05, 0.1) is 20.1 Å². The lowest BCUT2D eigenvalue weighted by molar-refractivity contribution is -0.143. The molecule has 0 bridgehead atoms. The van der Waals surface area contributed by atoms with Gasteiger partial charge in [0, 0.05) is 28.6 Å². The van der Waals surface area contributed by atoms with E-state index in [0.29, 0.717) is 6.54 Å². The SMILES string of the molecule is CCC(C)(C)[C@@H](C)C(=O)NCCC(=O)OC.CP(C)(=O)NCC(=O)OCc1ccccc1.[HH].[HH]. The van der Waals surface area contributed by atoms with E-state index in [1.807, 2.05) is 37.3 Å². The average Bonchev–Trinajstić information content (AvgIpc) is 2.76. The molecule has 0 aliphatic heterocycles. The number of carbonyl (C=O) groups is 3. The average molecular weight is 475 g/mol. The number of esters is 2. The lowest BCUT2D eigenvalue weighted by Gasteiger charge is -2.29. The van der Waals surface area contributed by atoms with Gasteiger partial charge in [0.2, 0.25) is 5.91 Å². The van der Waals surface area contributed by atoms with Crippen molar-refractivity contribution < 1.29 is 31.3 Å². The van der Waals surface area contributed by atoms with E-state index in [0.717, 1.165) is 12.0 Å². The zero-order chi connectivity index (χ0) is 24.8. The Morgan fingerprint density at radius 1 is 1.12 bits per heavy atom. The summed E-state index contributed by atoms with van der Waals surface area (Å²) in [6.45, 7) is 11.8. The highest BCUT2D eigenvalue weighted by Crippen LogP contribution is 2.30. The molecule has 0 saturated carbocycles. The fraction of sp³-hybridized carbons (Fsp3) is 0.609. The number of amides is 1. The Labute approximate surface area is 195 Å². The van der Waals surface area contributed by atoms with Crippen molar-refractivity contribution in [3.8, 4) is 0 Å². The number of carbonyl (C=O) groups excluding carboxylic acids is 3. The zero-order valence-corrected chi connectivity index (χ0v) is 21.3. The normalized spacial score (nSPS) is 12.1. The van der Waals surface area contributed by atoms with E-state index in [-0.39, 0.29) is 45.6 Å². The summed E-state index contributed by atoms with van der Waals surface area (Å²) >= 11 is 0. The molecule has 1 rings (SSSR count). The highest BCUT2D eigenvalue weighted by molar-refractivity contribution is 7.60. The topological polar surface area (TPSA) is 111 Å². The minimum absolute atomic E-state index is 0. The van der Waals surface area contributed by atoms with E-state index < -0.39 is 13.3 Å². The van der Waals surface area contributed by atoms with Gasteiger partial charge < -0.3 is 19.4 Å². The third kappa shape index (κ3) is 14.0. The van der Waals surface area contributed by atoms with Crippen LogP contribution >= 0.6 is 7.29 Å². The van der Waals surface area contributed by atoms with E-state index in [1.165, 1.54) is 7.11 Å². The van der Waals surface area contributed by atoms with Crippen molar-refractivity contribution in [3.05, 3.63) is 35.9 Å². The van der Waals surface area contributed by atoms with Crippen LogP contribution in [0.3, 0.4) is 0 Å². The summed E-state index contributed by atoms with van der Waals surface area (Å²) < 4.78 is 20.8. The first-order valence-corrected chi connectivity index (χ1v) is 13.3. The summed E-state index contributed by atoms with van der Waals surface area (Å²) in [7, 11) is -1.03. The molecule has 1 aromatic carbocycles. The Morgan fingerprint density at radius 3 is 2.22 bits per heavy atom. The minimum Gasteiger partial charge on any atom is -0.469 e. The Morgan fingerprint density at radius 2 is 1.72 bits per heavy atom.